The first-order valence-corrected chi connectivity index (χ1v) is 9.31. The van der Waals surface area contributed by atoms with Gasteiger partial charge in [-0.3, -0.25) is 4.79 Å². The van der Waals surface area contributed by atoms with Crippen molar-refractivity contribution in [1.29, 1.82) is 0 Å². The van der Waals surface area contributed by atoms with Gasteiger partial charge in [0.15, 0.2) is 5.82 Å². The Morgan fingerprint density at radius 2 is 1.76 bits per heavy atom. The number of fused-ring (bicyclic) bond motifs is 1. The van der Waals surface area contributed by atoms with Gasteiger partial charge in [0.1, 0.15) is 5.82 Å². The number of benzene rings is 2. The summed E-state index contributed by atoms with van der Waals surface area (Å²) in [6.45, 7) is 3.93. The van der Waals surface area contributed by atoms with Crippen molar-refractivity contribution in [1.82, 2.24) is 19.6 Å². The zero-order valence-corrected chi connectivity index (χ0v) is 16.6. The normalized spacial score (nSPS) is 11.0. The average molecular weight is 410 g/mol. The lowest BCUT2D eigenvalue weighted by molar-refractivity contribution is 0.0984. The molecule has 0 saturated heterocycles. The fourth-order valence-electron chi connectivity index (χ4n) is 3.07. The molecule has 6 nitrogen and oxygen atoms in total. The Labute approximate surface area is 171 Å². The van der Waals surface area contributed by atoms with Crippen LogP contribution in [-0.2, 0) is 6.54 Å². The van der Waals surface area contributed by atoms with Gasteiger partial charge in [-0.1, -0.05) is 11.6 Å². The molecule has 0 N–H and O–H groups in total. The van der Waals surface area contributed by atoms with Gasteiger partial charge in [-0.15, -0.1) is 5.10 Å². The Bertz CT molecular complexity index is 1190. The molecule has 0 fully saturated rings. The summed E-state index contributed by atoms with van der Waals surface area (Å²) in [6.07, 6.45) is 0. The van der Waals surface area contributed by atoms with Crippen molar-refractivity contribution in [3.8, 4) is 0 Å². The second-order valence-corrected chi connectivity index (χ2v) is 7.09. The highest BCUT2D eigenvalue weighted by Crippen LogP contribution is 2.22. The second-order valence-electron chi connectivity index (χ2n) is 6.65. The van der Waals surface area contributed by atoms with Crippen LogP contribution >= 0.6 is 11.6 Å². The van der Waals surface area contributed by atoms with E-state index in [1.54, 1.807) is 28.8 Å². The summed E-state index contributed by atoms with van der Waals surface area (Å²) in [4.78, 5) is 23.6. The van der Waals surface area contributed by atoms with Gasteiger partial charge in [0.25, 0.3) is 11.7 Å². The molecule has 4 rings (SSSR count). The third-order valence-corrected chi connectivity index (χ3v) is 4.69. The van der Waals surface area contributed by atoms with E-state index in [1.807, 2.05) is 19.9 Å². The van der Waals surface area contributed by atoms with E-state index < -0.39 is 5.82 Å². The number of hydrogen-bond donors (Lipinski definition) is 0. The van der Waals surface area contributed by atoms with E-state index in [-0.39, 0.29) is 12.5 Å². The van der Waals surface area contributed by atoms with Crippen molar-refractivity contribution in [3.05, 3.63) is 88.2 Å². The minimum Gasteiger partial charge on any atom is -0.301 e. The first kappa shape index (κ1) is 19.0. The fourth-order valence-corrected chi connectivity index (χ4v) is 3.19. The maximum atomic E-state index is 13.3. The molecule has 8 heteroatoms. The Balaban J connectivity index is 1.74. The van der Waals surface area contributed by atoms with Gasteiger partial charge in [-0.05, 0) is 68.4 Å². The Morgan fingerprint density at radius 3 is 2.45 bits per heavy atom. The molecule has 2 aromatic heterocycles. The smallest absolute Gasteiger partial charge is 0.258 e. The average Bonchev–Trinajstić information content (AvgIpc) is 3.10. The molecule has 0 aliphatic rings. The minimum absolute atomic E-state index is 0.125. The van der Waals surface area contributed by atoms with Gasteiger partial charge >= 0.3 is 0 Å². The van der Waals surface area contributed by atoms with Crippen LogP contribution in [0.2, 0.25) is 5.02 Å². The van der Waals surface area contributed by atoms with Crippen LogP contribution < -0.4 is 4.90 Å². The van der Waals surface area contributed by atoms with Crippen LogP contribution in [0.3, 0.4) is 0 Å². The van der Waals surface area contributed by atoms with E-state index in [9.17, 15) is 9.18 Å². The summed E-state index contributed by atoms with van der Waals surface area (Å²) in [5, 5.41) is 5.05. The quantitative estimate of drug-likeness (QED) is 0.501. The van der Waals surface area contributed by atoms with E-state index >= 15 is 0 Å². The van der Waals surface area contributed by atoms with Gasteiger partial charge < -0.3 is 4.90 Å². The van der Waals surface area contributed by atoms with Crippen molar-refractivity contribution >= 4 is 29.0 Å². The number of carbonyl (C=O) groups excluding carboxylic acids is 1. The van der Waals surface area contributed by atoms with Crippen molar-refractivity contribution in [2.75, 3.05) is 4.90 Å². The number of aromatic nitrogens is 4. The molecule has 0 unspecified atom stereocenters. The first-order chi connectivity index (χ1) is 13.9. The molecule has 29 heavy (non-hydrogen) atoms. The lowest BCUT2D eigenvalue weighted by Crippen LogP contribution is -2.31. The number of carbonyl (C=O) groups is 1. The summed E-state index contributed by atoms with van der Waals surface area (Å²) in [5.74, 6) is 0.213. The van der Waals surface area contributed by atoms with Crippen LogP contribution in [0.25, 0.3) is 5.78 Å². The van der Waals surface area contributed by atoms with Gasteiger partial charge in [0.2, 0.25) is 0 Å². The number of amides is 1. The molecule has 1 amide bonds. The van der Waals surface area contributed by atoms with Crippen molar-refractivity contribution < 1.29 is 9.18 Å². The Kier molecular flexibility index (Phi) is 4.98. The van der Waals surface area contributed by atoms with E-state index in [0.29, 0.717) is 27.9 Å². The predicted molar refractivity (Wildman–Crippen MR) is 109 cm³/mol. The summed E-state index contributed by atoms with van der Waals surface area (Å²) >= 11 is 5.99. The van der Waals surface area contributed by atoms with Gasteiger partial charge in [0, 0.05) is 27.7 Å². The topological polar surface area (TPSA) is 63.4 Å². The lowest BCUT2D eigenvalue weighted by Gasteiger charge is -2.21. The van der Waals surface area contributed by atoms with Crippen molar-refractivity contribution in [2.24, 2.45) is 0 Å². The molecule has 0 spiro atoms. The fraction of sp³-hybridized carbons (Fsp3) is 0.143. The molecule has 2 aromatic carbocycles. The zero-order chi connectivity index (χ0) is 20.5. The summed E-state index contributed by atoms with van der Waals surface area (Å²) in [7, 11) is 0. The minimum atomic E-state index is -0.404. The third kappa shape index (κ3) is 3.95. The van der Waals surface area contributed by atoms with E-state index in [1.165, 1.54) is 29.2 Å². The van der Waals surface area contributed by atoms with Crippen LogP contribution in [0.4, 0.5) is 10.1 Å². The van der Waals surface area contributed by atoms with Crippen molar-refractivity contribution in [3.63, 3.8) is 0 Å². The highest BCUT2D eigenvalue weighted by Gasteiger charge is 2.21. The number of aryl methyl sites for hydroxylation is 2. The first-order valence-electron chi connectivity index (χ1n) is 8.93. The van der Waals surface area contributed by atoms with Gasteiger partial charge in [-0.2, -0.15) is 4.98 Å². The highest BCUT2D eigenvalue weighted by molar-refractivity contribution is 6.30. The molecule has 0 aliphatic heterocycles. The number of halogens is 2. The Hall–Kier alpha value is -3.32. The van der Waals surface area contributed by atoms with Crippen molar-refractivity contribution in [2.45, 2.75) is 20.4 Å². The molecule has 0 atom stereocenters. The molecule has 0 saturated carbocycles. The molecule has 4 aromatic rings. The van der Waals surface area contributed by atoms with Crippen LogP contribution in [0.5, 0.6) is 0 Å². The van der Waals surface area contributed by atoms with Gasteiger partial charge in [-0.25, -0.2) is 13.9 Å². The van der Waals surface area contributed by atoms with E-state index in [2.05, 4.69) is 15.1 Å². The van der Waals surface area contributed by atoms with Crippen LogP contribution in [0.1, 0.15) is 27.6 Å². The largest absolute Gasteiger partial charge is 0.301 e. The van der Waals surface area contributed by atoms with E-state index in [4.69, 9.17) is 11.6 Å². The highest BCUT2D eigenvalue weighted by atomic mass is 35.5. The predicted octanol–water partition coefficient (Wildman–Crippen LogP) is 4.38. The second kappa shape index (κ2) is 7.60. The van der Waals surface area contributed by atoms with E-state index in [0.717, 1.165) is 11.4 Å². The molecule has 0 bridgehead atoms. The van der Waals surface area contributed by atoms with Crippen LogP contribution in [0.15, 0.2) is 54.6 Å². The maximum Gasteiger partial charge on any atom is 0.258 e. The zero-order valence-electron chi connectivity index (χ0n) is 15.8. The summed E-state index contributed by atoms with van der Waals surface area (Å²) in [6, 6.07) is 14.2. The Morgan fingerprint density at radius 1 is 1.07 bits per heavy atom. The summed E-state index contributed by atoms with van der Waals surface area (Å²) < 4.78 is 14.9. The lowest BCUT2D eigenvalue weighted by atomic mass is 10.1. The molecular formula is C21H17ClFN5O. The monoisotopic (exact) mass is 409 g/mol. The van der Waals surface area contributed by atoms with Crippen LogP contribution in [-0.4, -0.2) is 25.5 Å². The molecule has 0 aliphatic carbocycles. The number of rotatable bonds is 4. The van der Waals surface area contributed by atoms with Crippen LogP contribution in [0, 0.1) is 19.7 Å². The molecule has 0 radical (unpaired) electrons. The molecule has 2 heterocycles. The number of hydrogen-bond acceptors (Lipinski definition) is 4. The standard InChI is InChI=1S/C21H17ClFN5O/c1-13-11-14(2)28-21(24-13)25-19(26-28)12-27(18-9-5-16(22)6-10-18)20(29)15-3-7-17(23)8-4-15/h3-11H,12H2,1-2H3. The summed E-state index contributed by atoms with van der Waals surface area (Å²) in [5.41, 5.74) is 2.72. The SMILES string of the molecule is Cc1cc(C)n2nc(CN(C(=O)c3ccc(F)cc3)c3ccc(Cl)cc3)nc2n1. The maximum absolute atomic E-state index is 13.3. The van der Waals surface area contributed by atoms with Gasteiger partial charge in [0.05, 0.1) is 6.54 Å². The molecule has 146 valence electrons. The number of anilines is 1. The third-order valence-electron chi connectivity index (χ3n) is 4.44. The molecular weight excluding hydrogens is 393 g/mol. The number of nitrogens with zero attached hydrogens (tertiary/aromatic N) is 5.